The van der Waals surface area contributed by atoms with Gasteiger partial charge in [-0.25, -0.2) is 4.63 Å². The highest BCUT2D eigenvalue weighted by atomic mass is 16.6. The van der Waals surface area contributed by atoms with Gasteiger partial charge in [-0.05, 0) is 80.0 Å². The van der Waals surface area contributed by atoms with Crippen molar-refractivity contribution in [2.45, 2.75) is 149 Å². The average Bonchev–Trinajstić information content (AvgIpc) is 3.61. The zero-order valence-electron chi connectivity index (χ0n) is 28.5. The van der Waals surface area contributed by atoms with Crippen LogP contribution in [0, 0.1) is 0 Å². The van der Waals surface area contributed by atoms with Crippen LogP contribution in [-0.2, 0) is 5.41 Å². The van der Waals surface area contributed by atoms with Gasteiger partial charge in [0.15, 0.2) is 0 Å². The van der Waals surface area contributed by atoms with Gasteiger partial charge < -0.3 is 0 Å². The van der Waals surface area contributed by atoms with Crippen molar-refractivity contribution < 1.29 is 4.63 Å². The van der Waals surface area contributed by atoms with Crippen LogP contribution in [0.25, 0.3) is 33.3 Å². The molecule has 1 aliphatic carbocycles. The van der Waals surface area contributed by atoms with Crippen LogP contribution >= 0.6 is 0 Å². The molecule has 1 aliphatic rings. The van der Waals surface area contributed by atoms with Crippen molar-refractivity contribution >= 4 is 11.0 Å². The first-order valence-corrected chi connectivity index (χ1v) is 18.0. The molecule has 5 rings (SSSR count). The van der Waals surface area contributed by atoms with Crippen LogP contribution in [0.15, 0.2) is 53.2 Å². The smallest absolute Gasteiger partial charge is 0.143 e. The van der Waals surface area contributed by atoms with E-state index in [2.05, 4.69) is 100 Å². The van der Waals surface area contributed by atoms with Gasteiger partial charge >= 0.3 is 0 Å². The van der Waals surface area contributed by atoms with E-state index in [1.54, 1.807) is 5.56 Å². The minimum absolute atomic E-state index is 0.0557. The first-order chi connectivity index (χ1) is 21.4. The molecule has 0 atom stereocenters. The highest BCUT2D eigenvalue weighted by molar-refractivity contribution is 5.94. The molecule has 0 radical (unpaired) electrons. The third-order valence-electron chi connectivity index (χ3n) is 10.3. The minimum atomic E-state index is 0.0557. The summed E-state index contributed by atoms with van der Waals surface area (Å²) >= 11 is 0. The Morgan fingerprint density at radius 2 is 1.11 bits per heavy atom. The molecular formula is C41H56N2O. The Morgan fingerprint density at radius 3 is 1.73 bits per heavy atom. The number of unbranched alkanes of at least 4 members (excludes halogenated alkanes) is 10. The first kappa shape index (κ1) is 32.5. The lowest BCUT2D eigenvalue weighted by molar-refractivity contribution is 0.315. The Kier molecular flexibility index (Phi) is 11.0. The molecule has 0 bridgehead atoms. The van der Waals surface area contributed by atoms with Crippen LogP contribution in [0.3, 0.4) is 0 Å². The van der Waals surface area contributed by atoms with Crippen LogP contribution in [0.2, 0.25) is 0 Å². The molecule has 44 heavy (non-hydrogen) atoms. The molecule has 0 fully saturated rings. The molecule has 1 aromatic heterocycles. The van der Waals surface area contributed by atoms with Gasteiger partial charge in [0.25, 0.3) is 0 Å². The highest BCUT2D eigenvalue weighted by Crippen LogP contribution is 2.55. The van der Waals surface area contributed by atoms with Crippen molar-refractivity contribution in [3.8, 4) is 22.3 Å². The normalized spacial score (nSPS) is 13.7. The lowest BCUT2D eigenvalue weighted by Gasteiger charge is -2.33. The van der Waals surface area contributed by atoms with E-state index in [9.17, 15) is 0 Å². The maximum Gasteiger partial charge on any atom is 0.143 e. The van der Waals surface area contributed by atoms with Crippen molar-refractivity contribution in [2.75, 3.05) is 0 Å². The summed E-state index contributed by atoms with van der Waals surface area (Å²) in [7, 11) is 0. The van der Waals surface area contributed by atoms with Crippen molar-refractivity contribution in [3.63, 3.8) is 0 Å². The first-order valence-electron chi connectivity index (χ1n) is 18.0. The SMILES string of the molecule is CCCCCCCCC1(CCCCCCCC)c2cc(-c3ccc(C(C)C)c4nonc34)ccc2-c2ccc(C(C)C)cc21. The predicted molar refractivity (Wildman–Crippen MR) is 188 cm³/mol. The van der Waals surface area contributed by atoms with Crippen LogP contribution in [-0.4, -0.2) is 10.3 Å². The quantitative estimate of drug-likeness (QED) is 0.114. The van der Waals surface area contributed by atoms with Gasteiger partial charge in [0.1, 0.15) is 11.0 Å². The number of benzene rings is 3. The lowest BCUT2D eigenvalue weighted by Crippen LogP contribution is -2.26. The number of nitrogens with zero attached hydrogens (tertiary/aromatic N) is 2. The van der Waals surface area contributed by atoms with Gasteiger partial charge in [-0.3, -0.25) is 0 Å². The molecule has 0 N–H and O–H groups in total. The van der Waals surface area contributed by atoms with Gasteiger partial charge in [0.2, 0.25) is 0 Å². The maximum atomic E-state index is 5.32. The van der Waals surface area contributed by atoms with E-state index in [4.69, 9.17) is 4.63 Å². The van der Waals surface area contributed by atoms with Gasteiger partial charge in [0, 0.05) is 11.0 Å². The summed E-state index contributed by atoms with van der Waals surface area (Å²) in [6, 6.07) is 19.1. The lowest BCUT2D eigenvalue weighted by atomic mass is 9.69. The van der Waals surface area contributed by atoms with Crippen LogP contribution < -0.4 is 0 Å². The summed E-state index contributed by atoms with van der Waals surface area (Å²) in [6.07, 6.45) is 18.4. The van der Waals surface area contributed by atoms with E-state index in [0.29, 0.717) is 11.8 Å². The molecule has 1 heterocycles. The molecule has 0 aliphatic heterocycles. The zero-order chi connectivity index (χ0) is 31.1. The number of rotatable bonds is 17. The van der Waals surface area contributed by atoms with Crippen LogP contribution in [0.5, 0.6) is 0 Å². The monoisotopic (exact) mass is 592 g/mol. The number of aromatic nitrogens is 2. The minimum Gasteiger partial charge on any atom is -0.243 e. The zero-order valence-corrected chi connectivity index (χ0v) is 28.5. The van der Waals surface area contributed by atoms with E-state index >= 15 is 0 Å². The van der Waals surface area contributed by atoms with Crippen LogP contribution in [0.1, 0.15) is 166 Å². The highest BCUT2D eigenvalue weighted by Gasteiger charge is 2.42. The van der Waals surface area contributed by atoms with Crippen LogP contribution in [0.4, 0.5) is 0 Å². The van der Waals surface area contributed by atoms with E-state index in [-0.39, 0.29) is 5.41 Å². The van der Waals surface area contributed by atoms with Gasteiger partial charge in [-0.1, -0.05) is 161 Å². The molecule has 3 heteroatoms. The molecule has 0 spiro atoms. The second-order valence-corrected chi connectivity index (χ2v) is 14.2. The van der Waals surface area contributed by atoms with E-state index in [1.165, 1.54) is 123 Å². The third-order valence-corrected chi connectivity index (χ3v) is 10.3. The summed E-state index contributed by atoms with van der Waals surface area (Å²) in [5.41, 5.74) is 12.9. The molecule has 3 nitrogen and oxygen atoms in total. The molecule has 4 aromatic rings. The van der Waals surface area contributed by atoms with Gasteiger partial charge in [-0.15, -0.1) is 0 Å². The molecule has 236 valence electrons. The molecular weight excluding hydrogens is 536 g/mol. The third kappa shape index (κ3) is 6.68. The summed E-state index contributed by atoms with van der Waals surface area (Å²) in [5, 5.41) is 8.76. The standard InChI is InChI=1S/C41H56N2O/c1-7-9-11-13-15-17-25-41(26-18-16-14-12-10-8-2)37-27-31(29(3)4)19-21-35(37)36-22-20-32(28-38(36)41)34-24-23-33(30(5)6)39-40(34)43-44-42-39/h19-24,27-30H,7-18,25-26H2,1-6H3. The summed E-state index contributed by atoms with van der Waals surface area (Å²) in [5.74, 6) is 0.887. The molecule has 0 saturated heterocycles. The predicted octanol–water partition coefficient (Wildman–Crippen LogP) is 12.9. The molecule has 0 amide bonds. The van der Waals surface area contributed by atoms with Gasteiger partial charge in [0.05, 0.1) is 0 Å². The molecule has 3 aromatic carbocycles. The Labute approximate surface area is 267 Å². The number of hydrogen-bond donors (Lipinski definition) is 0. The Morgan fingerprint density at radius 1 is 0.568 bits per heavy atom. The van der Waals surface area contributed by atoms with Crippen molar-refractivity contribution in [2.24, 2.45) is 0 Å². The van der Waals surface area contributed by atoms with Crippen molar-refractivity contribution in [3.05, 3.63) is 70.8 Å². The Hall–Kier alpha value is -2.94. The topological polar surface area (TPSA) is 38.9 Å². The summed E-state index contributed by atoms with van der Waals surface area (Å²) in [4.78, 5) is 0. The summed E-state index contributed by atoms with van der Waals surface area (Å²) < 4.78 is 5.32. The molecule has 0 saturated carbocycles. The van der Waals surface area contributed by atoms with E-state index < -0.39 is 0 Å². The fraction of sp³-hybridized carbons (Fsp3) is 0.561. The molecule has 0 unspecified atom stereocenters. The average molecular weight is 593 g/mol. The summed E-state index contributed by atoms with van der Waals surface area (Å²) in [6.45, 7) is 13.7. The maximum absolute atomic E-state index is 5.32. The number of fused-ring (bicyclic) bond motifs is 4. The van der Waals surface area contributed by atoms with E-state index in [1.807, 2.05) is 0 Å². The van der Waals surface area contributed by atoms with Gasteiger partial charge in [-0.2, -0.15) is 0 Å². The van der Waals surface area contributed by atoms with E-state index in [0.717, 1.165) is 16.6 Å². The fourth-order valence-electron chi connectivity index (χ4n) is 7.70. The largest absolute Gasteiger partial charge is 0.243 e. The van der Waals surface area contributed by atoms with Crippen molar-refractivity contribution in [1.29, 1.82) is 0 Å². The number of hydrogen-bond acceptors (Lipinski definition) is 3. The fourth-order valence-corrected chi connectivity index (χ4v) is 7.70. The Bertz CT molecular complexity index is 1490. The van der Waals surface area contributed by atoms with Crippen molar-refractivity contribution in [1.82, 2.24) is 10.3 Å². The Balaban J connectivity index is 1.59. The second-order valence-electron chi connectivity index (χ2n) is 14.2. The second kappa shape index (κ2) is 14.9.